The number of nitrogens with zero attached hydrogens (tertiary/aromatic N) is 3. The summed E-state index contributed by atoms with van der Waals surface area (Å²) in [6.45, 7) is -0.187. The molecule has 0 radical (unpaired) electrons. The predicted octanol–water partition coefficient (Wildman–Crippen LogP) is 1.55. The van der Waals surface area contributed by atoms with Gasteiger partial charge in [-0.1, -0.05) is 38.1 Å². The van der Waals surface area contributed by atoms with E-state index in [9.17, 15) is 28.0 Å². The highest BCUT2D eigenvalue weighted by molar-refractivity contribution is 7.89. The molecule has 1 fully saturated rings. The van der Waals surface area contributed by atoms with Crippen molar-refractivity contribution in [3.8, 4) is 0 Å². The zero-order valence-corrected chi connectivity index (χ0v) is 22.3. The van der Waals surface area contributed by atoms with Gasteiger partial charge in [0, 0.05) is 24.1 Å². The van der Waals surface area contributed by atoms with Crippen LogP contribution in [-0.4, -0.2) is 60.4 Å². The molecule has 2 atom stereocenters. The molecule has 4 rings (SSSR count). The van der Waals surface area contributed by atoms with Crippen LogP contribution < -0.4 is 15.4 Å². The van der Waals surface area contributed by atoms with Gasteiger partial charge in [-0.15, -0.1) is 0 Å². The van der Waals surface area contributed by atoms with Crippen molar-refractivity contribution >= 4 is 38.5 Å². The number of aromatic nitrogens is 2. The molecule has 206 valence electrons. The number of ketones is 1. The fourth-order valence-electron chi connectivity index (χ4n) is 4.14. The third-order valence-corrected chi connectivity index (χ3v) is 7.76. The SMILES string of the molecule is [2H]C1([2H])C(=O)[C@]([2H])(NC(=O)[C@H](CC(C)C)NC(=O)c2ccc3ccccc3n2)CCCN1S(=O)(=O)c1cccc[n+]1[O-]. The maximum Gasteiger partial charge on any atom is 0.323 e. The Balaban J connectivity index is 1.57. The molecule has 1 aliphatic heterocycles. The molecule has 1 saturated heterocycles. The van der Waals surface area contributed by atoms with E-state index in [2.05, 4.69) is 15.6 Å². The van der Waals surface area contributed by atoms with Gasteiger partial charge in [-0.05, 0) is 43.4 Å². The van der Waals surface area contributed by atoms with E-state index in [1.54, 1.807) is 32.0 Å². The Kier molecular flexibility index (Phi) is 7.35. The average molecular weight is 557 g/mol. The van der Waals surface area contributed by atoms with Crippen LogP contribution in [0.4, 0.5) is 0 Å². The van der Waals surface area contributed by atoms with Gasteiger partial charge in [0.2, 0.25) is 5.91 Å². The van der Waals surface area contributed by atoms with Gasteiger partial charge in [0.05, 0.1) is 22.1 Å². The summed E-state index contributed by atoms with van der Waals surface area (Å²) < 4.78 is 52.4. The van der Waals surface area contributed by atoms with Crippen molar-refractivity contribution in [3.63, 3.8) is 0 Å². The third kappa shape index (κ3) is 6.58. The standard InChI is InChI=1S/C27H31N5O6S/c1-18(2)16-23(30-26(34)22-13-12-19-8-3-4-9-20(19)28-22)27(35)29-21-10-7-14-31(17-24(21)33)39(37,38)25-11-5-6-15-32(25)36/h3-6,8-9,11-13,15,18,21,23H,7,10,14,16-17H2,1-2H3,(H,29,35)(H,30,34)/t21-,23+/m1/s1/i17D2,21D. The van der Waals surface area contributed by atoms with Crippen LogP contribution in [0.5, 0.6) is 0 Å². The summed E-state index contributed by atoms with van der Waals surface area (Å²) in [4.78, 5) is 44.3. The topological polar surface area (TPSA) is 152 Å². The van der Waals surface area contributed by atoms with Gasteiger partial charge in [0.1, 0.15) is 11.7 Å². The number of rotatable bonds is 8. The maximum absolute atomic E-state index is 13.4. The van der Waals surface area contributed by atoms with E-state index >= 15 is 0 Å². The zero-order chi connectivity index (χ0) is 30.9. The van der Waals surface area contributed by atoms with Gasteiger partial charge in [0.25, 0.3) is 5.91 Å². The number of para-hydroxylation sites is 1. The minimum absolute atomic E-state index is 0.0418. The molecule has 0 saturated carbocycles. The van der Waals surface area contributed by atoms with Crippen molar-refractivity contribution in [2.24, 2.45) is 5.92 Å². The highest BCUT2D eigenvalue weighted by Crippen LogP contribution is 2.18. The van der Waals surface area contributed by atoms with Crippen molar-refractivity contribution in [1.82, 2.24) is 19.9 Å². The first-order valence-electron chi connectivity index (χ1n) is 13.9. The number of carbonyl (C=O) groups excluding carboxylic acids is 3. The Labute approximate surface area is 231 Å². The molecular formula is C27H31N5O6S. The minimum Gasteiger partial charge on any atom is -0.618 e. The summed E-state index contributed by atoms with van der Waals surface area (Å²) >= 11 is 0. The number of hydrogen-bond donors (Lipinski definition) is 2. The summed E-state index contributed by atoms with van der Waals surface area (Å²) in [6.07, 6.45) is 0.458. The van der Waals surface area contributed by atoms with Crippen LogP contribution in [0, 0.1) is 11.1 Å². The molecule has 1 aliphatic rings. The Morgan fingerprint density at radius 1 is 1.21 bits per heavy atom. The molecule has 0 bridgehead atoms. The summed E-state index contributed by atoms with van der Waals surface area (Å²) in [5.41, 5.74) is 0.624. The van der Waals surface area contributed by atoms with Gasteiger partial charge >= 0.3 is 15.0 Å². The van der Waals surface area contributed by atoms with Crippen molar-refractivity contribution < 1.29 is 31.6 Å². The van der Waals surface area contributed by atoms with E-state index in [0.29, 0.717) is 5.52 Å². The van der Waals surface area contributed by atoms with E-state index in [1.165, 1.54) is 18.2 Å². The monoisotopic (exact) mass is 556 g/mol. The molecule has 11 nitrogen and oxygen atoms in total. The molecule has 1 aromatic carbocycles. The van der Waals surface area contributed by atoms with Crippen LogP contribution in [-0.2, 0) is 19.6 Å². The van der Waals surface area contributed by atoms with Gasteiger partial charge < -0.3 is 15.8 Å². The lowest BCUT2D eigenvalue weighted by Crippen LogP contribution is -2.53. The Morgan fingerprint density at radius 3 is 2.69 bits per heavy atom. The summed E-state index contributed by atoms with van der Waals surface area (Å²) in [6, 6.07) is 10.2. The lowest BCUT2D eigenvalue weighted by Gasteiger charge is -2.23. The molecule has 2 aromatic heterocycles. The van der Waals surface area contributed by atoms with Crippen molar-refractivity contribution in [2.45, 2.75) is 50.2 Å². The maximum atomic E-state index is 13.4. The third-order valence-electron chi connectivity index (χ3n) is 6.07. The Bertz CT molecular complexity index is 1640. The second kappa shape index (κ2) is 11.9. The van der Waals surface area contributed by atoms with E-state index < -0.39 is 64.2 Å². The van der Waals surface area contributed by atoms with Crippen LogP contribution in [0.2, 0.25) is 0 Å². The summed E-state index contributed by atoms with van der Waals surface area (Å²) in [5, 5.41) is 17.1. The van der Waals surface area contributed by atoms with Crippen LogP contribution in [0.15, 0.2) is 65.8 Å². The molecule has 2 amide bonds. The first-order chi connectivity index (χ1) is 19.7. The second-order valence-corrected chi connectivity index (χ2v) is 11.3. The van der Waals surface area contributed by atoms with Gasteiger partial charge in [-0.2, -0.15) is 9.04 Å². The highest BCUT2D eigenvalue weighted by atomic mass is 32.2. The first kappa shape index (κ1) is 24.2. The van der Waals surface area contributed by atoms with Crippen LogP contribution in [0.1, 0.15) is 47.7 Å². The van der Waals surface area contributed by atoms with Crippen molar-refractivity contribution in [1.29, 1.82) is 0 Å². The number of pyridine rings is 2. The number of nitrogens with one attached hydrogen (secondary N) is 2. The molecule has 3 heterocycles. The number of carbonyl (C=O) groups is 3. The molecule has 2 N–H and O–H groups in total. The van der Waals surface area contributed by atoms with Crippen LogP contribution >= 0.6 is 0 Å². The fourth-order valence-corrected chi connectivity index (χ4v) is 5.47. The average Bonchev–Trinajstić information content (AvgIpc) is 3.02. The lowest BCUT2D eigenvalue weighted by atomic mass is 10.0. The lowest BCUT2D eigenvalue weighted by molar-refractivity contribution is -0.646. The summed E-state index contributed by atoms with van der Waals surface area (Å²) in [5.74, 6) is -3.19. The number of sulfonamides is 1. The molecule has 0 spiro atoms. The summed E-state index contributed by atoms with van der Waals surface area (Å²) in [7, 11) is -4.80. The quantitative estimate of drug-likeness (QED) is 0.315. The Hall–Kier alpha value is -3.90. The van der Waals surface area contributed by atoms with E-state index in [4.69, 9.17) is 4.11 Å². The van der Waals surface area contributed by atoms with Crippen molar-refractivity contribution in [3.05, 3.63) is 71.7 Å². The smallest absolute Gasteiger partial charge is 0.323 e. The van der Waals surface area contributed by atoms with Crippen LogP contribution in [0.25, 0.3) is 10.9 Å². The number of benzene rings is 1. The fraction of sp³-hybridized carbons (Fsp3) is 0.370. The largest absolute Gasteiger partial charge is 0.618 e. The van der Waals surface area contributed by atoms with E-state index in [-0.39, 0.29) is 33.5 Å². The van der Waals surface area contributed by atoms with Gasteiger partial charge in [0.15, 0.2) is 12.0 Å². The minimum atomic E-state index is -4.80. The molecule has 0 aliphatic carbocycles. The first-order valence-corrected chi connectivity index (χ1v) is 13.9. The second-order valence-electron chi connectivity index (χ2n) is 9.50. The molecule has 12 heteroatoms. The normalized spacial score (nSPS) is 21.8. The molecule has 0 unspecified atom stereocenters. The number of hydrogen-bond acceptors (Lipinski definition) is 7. The van der Waals surface area contributed by atoms with E-state index in [1.807, 2.05) is 12.1 Å². The van der Waals surface area contributed by atoms with Gasteiger partial charge in [-0.3, -0.25) is 14.4 Å². The Morgan fingerprint density at radius 2 is 1.95 bits per heavy atom. The van der Waals surface area contributed by atoms with Gasteiger partial charge in [-0.25, -0.2) is 13.4 Å². The number of fused-ring (bicyclic) bond motifs is 1. The predicted molar refractivity (Wildman–Crippen MR) is 143 cm³/mol. The molecule has 3 aromatic rings. The van der Waals surface area contributed by atoms with Crippen LogP contribution in [0.3, 0.4) is 0 Å². The number of Topliss-reactive ketones (excluding diaryl/α,β-unsaturated/α-hetero) is 1. The highest BCUT2D eigenvalue weighted by Gasteiger charge is 2.37. The zero-order valence-electron chi connectivity index (χ0n) is 24.5. The van der Waals surface area contributed by atoms with Crippen molar-refractivity contribution in [2.75, 3.05) is 13.0 Å². The van der Waals surface area contributed by atoms with E-state index in [0.717, 1.165) is 17.6 Å². The molecule has 39 heavy (non-hydrogen) atoms. The number of amides is 2. The molecular weight excluding hydrogens is 522 g/mol.